The molecule has 0 aliphatic heterocycles. The predicted molar refractivity (Wildman–Crippen MR) is 151 cm³/mol. The van der Waals surface area contributed by atoms with Gasteiger partial charge in [0.2, 0.25) is 0 Å². The van der Waals surface area contributed by atoms with Gasteiger partial charge in [-0.15, -0.1) is 0 Å². The Morgan fingerprint density at radius 3 is 1.28 bits per heavy atom. The standard InChI is InChI=1S/C32H32N2O2/c1-19(2)35-27-17-15-23-21-11-7-9-13-25(21)33(5)31(23)29(27)30-28(36-20(3)4)18-16-24-22-12-8-10-14-26(22)34(6)32(24)30/h7-20H,1-6H3. The number of benzene rings is 4. The van der Waals surface area contributed by atoms with Crippen LogP contribution in [0.15, 0.2) is 72.8 Å². The molecule has 0 N–H and O–H groups in total. The highest BCUT2D eigenvalue weighted by Crippen LogP contribution is 2.49. The summed E-state index contributed by atoms with van der Waals surface area (Å²) in [7, 11) is 4.30. The molecule has 0 spiro atoms. The van der Waals surface area contributed by atoms with E-state index in [2.05, 4.69) is 124 Å². The summed E-state index contributed by atoms with van der Waals surface area (Å²) in [5, 5.41) is 4.90. The molecule has 0 aliphatic carbocycles. The van der Waals surface area contributed by atoms with Crippen LogP contribution in [-0.4, -0.2) is 21.3 Å². The van der Waals surface area contributed by atoms with E-state index < -0.39 is 0 Å². The van der Waals surface area contributed by atoms with Crippen LogP contribution >= 0.6 is 0 Å². The number of hydrogen-bond donors (Lipinski definition) is 0. The van der Waals surface area contributed by atoms with Crippen LogP contribution in [0, 0.1) is 0 Å². The van der Waals surface area contributed by atoms with Gasteiger partial charge >= 0.3 is 0 Å². The molecular weight excluding hydrogens is 444 g/mol. The van der Waals surface area contributed by atoms with Gasteiger partial charge in [0, 0.05) is 46.7 Å². The van der Waals surface area contributed by atoms with Crippen LogP contribution in [0.5, 0.6) is 11.5 Å². The van der Waals surface area contributed by atoms with Crippen molar-refractivity contribution in [1.29, 1.82) is 0 Å². The molecular formula is C32H32N2O2. The van der Waals surface area contributed by atoms with Gasteiger partial charge in [-0.25, -0.2) is 0 Å². The molecule has 0 atom stereocenters. The molecule has 6 rings (SSSR count). The van der Waals surface area contributed by atoms with Crippen LogP contribution in [0.3, 0.4) is 0 Å². The Labute approximate surface area is 211 Å². The van der Waals surface area contributed by atoms with Crippen LogP contribution in [0.1, 0.15) is 27.7 Å². The summed E-state index contributed by atoms with van der Waals surface area (Å²) < 4.78 is 17.6. The zero-order valence-electron chi connectivity index (χ0n) is 21.8. The Bertz CT molecular complexity index is 1640. The molecule has 36 heavy (non-hydrogen) atoms. The molecule has 0 unspecified atom stereocenters. The second kappa shape index (κ2) is 8.34. The van der Waals surface area contributed by atoms with E-state index in [1.807, 2.05) is 0 Å². The van der Waals surface area contributed by atoms with Crippen molar-refractivity contribution in [3.63, 3.8) is 0 Å². The molecule has 6 aromatic rings. The quantitative estimate of drug-likeness (QED) is 0.251. The van der Waals surface area contributed by atoms with Gasteiger partial charge in [-0.3, -0.25) is 0 Å². The van der Waals surface area contributed by atoms with Crippen molar-refractivity contribution in [1.82, 2.24) is 9.13 Å². The molecule has 0 bridgehead atoms. The van der Waals surface area contributed by atoms with E-state index in [-0.39, 0.29) is 12.2 Å². The van der Waals surface area contributed by atoms with Crippen LogP contribution in [0.25, 0.3) is 54.7 Å². The Morgan fingerprint density at radius 1 is 0.500 bits per heavy atom. The molecule has 2 aromatic heterocycles. The lowest BCUT2D eigenvalue weighted by molar-refractivity contribution is 0.240. The van der Waals surface area contributed by atoms with Crippen LogP contribution < -0.4 is 9.47 Å². The largest absolute Gasteiger partial charge is 0.490 e. The maximum Gasteiger partial charge on any atom is 0.129 e. The minimum Gasteiger partial charge on any atom is -0.490 e. The summed E-state index contributed by atoms with van der Waals surface area (Å²) in [5.41, 5.74) is 6.86. The Morgan fingerprint density at radius 2 is 0.889 bits per heavy atom. The molecule has 0 saturated heterocycles. The zero-order valence-corrected chi connectivity index (χ0v) is 21.8. The summed E-state index contributed by atoms with van der Waals surface area (Å²) in [6.07, 6.45) is 0.0779. The lowest BCUT2D eigenvalue weighted by atomic mass is 9.96. The topological polar surface area (TPSA) is 28.3 Å². The third kappa shape index (κ3) is 3.28. The lowest BCUT2D eigenvalue weighted by Crippen LogP contribution is -2.10. The van der Waals surface area contributed by atoms with E-state index >= 15 is 0 Å². The van der Waals surface area contributed by atoms with Crippen LogP contribution in [0.4, 0.5) is 0 Å². The highest BCUT2D eigenvalue weighted by atomic mass is 16.5. The van der Waals surface area contributed by atoms with Crippen molar-refractivity contribution in [2.24, 2.45) is 14.1 Å². The van der Waals surface area contributed by atoms with Gasteiger partial charge in [-0.05, 0) is 64.1 Å². The van der Waals surface area contributed by atoms with E-state index in [0.717, 1.165) is 33.7 Å². The second-order valence-electron chi connectivity index (χ2n) is 10.2. The van der Waals surface area contributed by atoms with Gasteiger partial charge in [-0.2, -0.15) is 0 Å². The van der Waals surface area contributed by atoms with Gasteiger partial charge in [0.05, 0.1) is 34.4 Å². The third-order valence-electron chi connectivity index (χ3n) is 7.04. The number of rotatable bonds is 5. The van der Waals surface area contributed by atoms with Gasteiger partial charge < -0.3 is 18.6 Å². The minimum absolute atomic E-state index is 0.0389. The molecule has 4 heteroatoms. The highest BCUT2D eigenvalue weighted by molar-refractivity contribution is 6.20. The zero-order chi connectivity index (χ0) is 25.1. The van der Waals surface area contributed by atoms with Crippen LogP contribution in [-0.2, 0) is 14.1 Å². The number of fused-ring (bicyclic) bond motifs is 6. The fourth-order valence-electron chi connectivity index (χ4n) is 5.69. The first-order valence-electron chi connectivity index (χ1n) is 12.7. The third-order valence-corrected chi connectivity index (χ3v) is 7.04. The summed E-state index contributed by atoms with van der Waals surface area (Å²) >= 11 is 0. The smallest absolute Gasteiger partial charge is 0.129 e. The molecule has 2 heterocycles. The number of nitrogens with zero attached hydrogens (tertiary/aromatic N) is 2. The van der Waals surface area contributed by atoms with Gasteiger partial charge in [0.25, 0.3) is 0 Å². The van der Waals surface area contributed by atoms with E-state index in [1.54, 1.807) is 0 Å². The first-order chi connectivity index (χ1) is 17.4. The molecule has 4 nitrogen and oxygen atoms in total. The lowest BCUT2D eigenvalue weighted by Gasteiger charge is -2.21. The number of aryl methyl sites for hydroxylation is 2. The maximum absolute atomic E-state index is 6.50. The second-order valence-corrected chi connectivity index (χ2v) is 10.2. The fraction of sp³-hybridized carbons (Fsp3) is 0.250. The molecule has 182 valence electrons. The van der Waals surface area contributed by atoms with Crippen molar-refractivity contribution in [2.75, 3.05) is 0 Å². The van der Waals surface area contributed by atoms with E-state index in [9.17, 15) is 0 Å². The highest BCUT2D eigenvalue weighted by Gasteiger charge is 2.25. The first kappa shape index (κ1) is 22.5. The van der Waals surface area contributed by atoms with Gasteiger partial charge in [-0.1, -0.05) is 36.4 Å². The Balaban J connectivity index is 1.86. The molecule has 0 fully saturated rings. The van der Waals surface area contributed by atoms with Crippen molar-refractivity contribution in [3.05, 3.63) is 72.8 Å². The summed E-state index contributed by atoms with van der Waals surface area (Å²) in [6, 6.07) is 25.9. The van der Waals surface area contributed by atoms with E-state index in [1.165, 1.54) is 32.6 Å². The van der Waals surface area contributed by atoms with Crippen molar-refractivity contribution >= 4 is 43.6 Å². The fourth-order valence-corrected chi connectivity index (χ4v) is 5.69. The monoisotopic (exact) mass is 476 g/mol. The SMILES string of the molecule is CC(C)Oc1ccc2c3ccccc3n(C)c2c1-c1c(OC(C)C)ccc2c3ccccc3n(C)c12. The van der Waals surface area contributed by atoms with Crippen molar-refractivity contribution in [3.8, 4) is 22.6 Å². The molecule has 0 radical (unpaired) electrons. The summed E-state index contributed by atoms with van der Waals surface area (Å²) in [6.45, 7) is 8.33. The van der Waals surface area contributed by atoms with E-state index in [0.29, 0.717) is 0 Å². The summed E-state index contributed by atoms with van der Waals surface area (Å²) in [4.78, 5) is 0. The molecule has 0 amide bonds. The molecule has 0 saturated carbocycles. The van der Waals surface area contributed by atoms with Crippen molar-refractivity contribution < 1.29 is 9.47 Å². The van der Waals surface area contributed by atoms with Crippen molar-refractivity contribution in [2.45, 2.75) is 39.9 Å². The average molecular weight is 477 g/mol. The minimum atomic E-state index is 0.0389. The average Bonchev–Trinajstić information content (AvgIpc) is 3.31. The summed E-state index contributed by atoms with van der Waals surface area (Å²) in [5.74, 6) is 1.74. The Hall–Kier alpha value is -3.92. The van der Waals surface area contributed by atoms with Gasteiger partial charge in [0.1, 0.15) is 11.5 Å². The normalized spacial score (nSPS) is 12.1. The maximum atomic E-state index is 6.50. The number of para-hydroxylation sites is 2. The number of aromatic nitrogens is 2. The predicted octanol–water partition coefficient (Wildman–Crippen LogP) is 8.22. The van der Waals surface area contributed by atoms with Gasteiger partial charge in [0.15, 0.2) is 0 Å². The first-order valence-corrected chi connectivity index (χ1v) is 12.7. The van der Waals surface area contributed by atoms with Crippen LogP contribution in [0.2, 0.25) is 0 Å². The Kier molecular flexibility index (Phi) is 5.22. The number of ether oxygens (including phenoxy) is 2. The molecule has 4 aromatic carbocycles. The number of hydrogen-bond acceptors (Lipinski definition) is 2. The molecule has 0 aliphatic rings. The van der Waals surface area contributed by atoms with E-state index in [4.69, 9.17) is 9.47 Å².